The van der Waals surface area contributed by atoms with Gasteiger partial charge in [0.15, 0.2) is 0 Å². The van der Waals surface area contributed by atoms with Crippen LogP contribution in [-0.4, -0.2) is 23.9 Å². The Balaban J connectivity index is 2.01. The van der Waals surface area contributed by atoms with Crippen molar-refractivity contribution in [1.82, 2.24) is 5.32 Å². The molecule has 2 aliphatic rings. The average Bonchev–Trinajstić information content (AvgIpc) is 3.21. The lowest BCUT2D eigenvalue weighted by molar-refractivity contribution is -0.136. The van der Waals surface area contributed by atoms with E-state index in [1.165, 1.54) is 4.90 Å². The van der Waals surface area contributed by atoms with Crippen LogP contribution in [0.1, 0.15) is 25.3 Å². The molecule has 1 aromatic carbocycles. The molecule has 4 nitrogen and oxygen atoms in total. The zero-order chi connectivity index (χ0) is 14.5. The van der Waals surface area contributed by atoms with Crippen LogP contribution >= 0.6 is 11.6 Å². The Kier molecular flexibility index (Phi) is 3.01. The van der Waals surface area contributed by atoms with Gasteiger partial charge in [-0.15, -0.1) is 0 Å². The van der Waals surface area contributed by atoms with E-state index in [0.29, 0.717) is 10.7 Å². The van der Waals surface area contributed by atoms with Gasteiger partial charge in [-0.3, -0.25) is 14.5 Å². The van der Waals surface area contributed by atoms with Gasteiger partial charge >= 0.3 is 0 Å². The van der Waals surface area contributed by atoms with Crippen LogP contribution in [0.2, 0.25) is 5.02 Å². The van der Waals surface area contributed by atoms with Crippen molar-refractivity contribution in [1.29, 1.82) is 0 Å². The molecule has 0 spiro atoms. The number of aryl methyl sites for hydroxylation is 1. The summed E-state index contributed by atoms with van der Waals surface area (Å²) in [4.78, 5) is 26.3. The van der Waals surface area contributed by atoms with Gasteiger partial charge in [0.1, 0.15) is 12.1 Å². The normalized spacial score (nSPS) is 26.6. The maximum absolute atomic E-state index is 12.8. The predicted octanol–water partition coefficient (Wildman–Crippen LogP) is 2.28. The molecule has 1 aromatic rings. The molecule has 0 aromatic heterocycles. The molecule has 1 saturated heterocycles. The smallest absolute Gasteiger partial charge is 0.253 e. The van der Waals surface area contributed by atoms with Gasteiger partial charge in [-0.2, -0.15) is 0 Å². The fraction of sp³-hybridized carbons (Fsp3) is 0.467. The molecule has 1 heterocycles. The molecule has 2 amide bonds. The lowest BCUT2D eigenvalue weighted by Crippen LogP contribution is -2.66. The van der Waals surface area contributed by atoms with Crippen LogP contribution in [0.15, 0.2) is 18.2 Å². The van der Waals surface area contributed by atoms with Gasteiger partial charge in [0.25, 0.3) is 5.91 Å². The number of benzene rings is 1. The summed E-state index contributed by atoms with van der Waals surface area (Å²) in [5.41, 5.74) is 0.845. The summed E-state index contributed by atoms with van der Waals surface area (Å²) < 4.78 is 0. The average molecular weight is 293 g/mol. The fourth-order valence-electron chi connectivity index (χ4n) is 2.84. The van der Waals surface area contributed by atoms with Gasteiger partial charge < -0.3 is 5.32 Å². The van der Waals surface area contributed by atoms with Gasteiger partial charge in [0, 0.05) is 0 Å². The molecule has 1 aliphatic carbocycles. The first-order valence-corrected chi connectivity index (χ1v) is 7.19. The molecular weight excluding hydrogens is 276 g/mol. The summed E-state index contributed by atoms with van der Waals surface area (Å²) in [6, 6.07) is 5.51. The molecule has 0 radical (unpaired) electrons. The Morgan fingerprint density at radius 2 is 2.05 bits per heavy atom. The van der Waals surface area contributed by atoms with Crippen molar-refractivity contribution < 1.29 is 9.59 Å². The van der Waals surface area contributed by atoms with E-state index in [2.05, 4.69) is 5.32 Å². The van der Waals surface area contributed by atoms with Crippen molar-refractivity contribution in [3.63, 3.8) is 0 Å². The number of amides is 2. The largest absolute Gasteiger partial charge is 0.340 e. The number of carbonyl (C=O) groups excluding carboxylic acids is 2. The van der Waals surface area contributed by atoms with E-state index in [-0.39, 0.29) is 24.3 Å². The predicted molar refractivity (Wildman–Crippen MR) is 77.8 cm³/mol. The minimum atomic E-state index is -0.789. The first-order valence-electron chi connectivity index (χ1n) is 6.81. The van der Waals surface area contributed by atoms with Gasteiger partial charge in [-0.25, -0.2) is 0 Å². The molecule has 106 valence electrons. The van der Waals surface area contributed by atoms with Crippen molar-refractivity contribution in [2.45, 2.75) is 32.2 Å². The van der Waals surface area contributed by atoms with Crippen LogP contribution in [0, 0.1) is 12.8 Å². The molecular formula is C15H17ClN2O2. The van der Waals surface area contributed by atoms with E-state index in [1.807, 2.05) is 26.0 Å². The van der Waals surface area contributed by atoms with E-state index in [4.69, 9.17) is 11.6 Å². The molecule has 1 unspecified atom stereocenters. The summed E-state index contributed by atoms with van der Waals surface area (Å²) >= 11 is 6.21. The summed E-state index contributed by atoms with van der Waals surface area (Å²) in [5, 5.41) is 3.36. The quantitative estimate of drug-likeness (QED) is 0.909. The maximum atomic E-state index is 12.8. The van der Waals surface area contributed by atoms with Crippen LogP contribution in [0.4, 0.5) is 5.69 Å². The Morgan fingerprint density at radius 1 is 1.35 bits per heavy atom. The number of rotatable bonds is 2. The van der Waals surface area contributed by atoms with Crippen molar-refractivity contribution in [3.05, 3.63) is 28.8 Å². The standard InChI is InChI=1S/C15H17ClN2O2/c1-9-3-6-11(16)12(7-9)18-8-13(19)17-15(2,14(18)20)10-4-5-10/h3,6-7,10H,4-5,8H2,1-2H3,(H,17,19). The van der Waals surface area contributed by atoms with E-state index in [9.17, 15) is 9.59 Å². The number of halogens is 1. The van der Waals surface area contributed by atoms with E-state index in [0.717, 1.165) is 18.4 Å². The molecule has 5 heteroatoms. The number of hydrogen-bond acceptors (Lipinski definition) is 2. The number of nitrogens with zero attached hydrogens (tertiary/aromatic N) is 1. The SMILES string of the molecule is Cc1ccc(Cl)c(N2CC(=O)NC(C)(C3CC3)C2=O)c1. The summed E-state index contributed by atoms with van der Waals surface area (Å²) in [6.07, 6.45) is 1.97. The van der Waals surface area contributed by atoms with Crippen LogP contribution in [0.5, 0.6) is 0 Å². The third-order valence-corrected chi connectivity index (χ3v) is 4.50. The van der Waals surface area contributed by atoms with Gasteiger partial charge in [0.2, 0.25) is 5.91 Å². The zero-order valence-corrected chi connectivity index (χ0v) is 12.3. The molecule has 1 N–H and O–H groups in total. The molecule has 1 atom stereocenters. The second-order valence-electron chi connectivity index (χ2n) is 5.87. The molecule has 0 bridgehead atoms. The van der Waals surface area contributed by atoms with Crippen molar-refractivity contribution in [2.75, 3.05) is 11.4 Å². The Bertz CT molecular complexity index is 598. The second-order valence-corrected chi connectivity index (χ2v) is 6.28. The highest BCUT2D eigenvalue weighted by atomic mass is 35.5. The minimum absolute atomic E-state index is 0.0321. The van der Waals surface area contributed by atoms with Crippen molar-refractivity contribution in [2.24, 2.45) is 5.92 Å². The second kappa shape index (κ2) is 4.48. The van der Waals surface area contributed by atoms with Crippen LogP contribution in [-0.2, 0) is 9.59 Å². The Labute approximate surface area is 123 Å². The number of nitrogens with one attached hydrogen (secondary N) is 1. The van der Waals surface area contributed by atoms with E-state index in [1.54, 1.807) is 6.07 Å². The zero-order valence-electron chi connectivity index (χ0n) is 11.6. The highest BCUT2D eigenvalue weighted by molar-refractivity contribution is 6.34. The first kappa shape index (κ1) is 13.4. The van der Waals surface area contributed by atoms with Crippen LogP contribution < -0.4 is 10.2 Å². The van der Waals surface area contributed by atoms with Crippen LogP contribution in [0.3, 0.4) is 0 Å². The highest BCUT2D eigenvalue weighted by Crippen LogP contribution is 2.42. The van der Waals surface area contributed by atoms with E-state index >= 15 is 0 Å². The number of anilines is 1. The minimum Gasteiger partial charge on any atom is -0.340 e. The monoisotopic (exact) mass is 292 g/mol. The van der Waals surface area contributed by atoms with Gasteiger partial charge in [-0.1, -0.05) is 17.7 Å². The topological polar surface area (TPSA) is 49.4 Å². The maximum Gasteiger partial charge on any atom is 0.253 e. The van der Waals surface area contributed by atoms with E-state index < -0.39 is 5.54 Å². The molecule has 3 rings (SSSR count). The summed E-state index contributed by atoms with van der Waals surface area (Å²) in [6.45, 7) is 3.79. The highest BCUT2D eigenvalue weighted by Gasteiger charge is 2.53. The first-order chi connectivity index (χ1) is 9.41. The molecule has 1 aliphatic heterocycles. The van der Waals surface area contributed by atoms with Gasteiger partial charge in [0.05, 0.1) is 10.7 Å². The Morgan fingerprint density at radius 3 is 2.70 bits per heavy atom. The Hall–Kier alpha value is -1.55. The molecule has 1 saturated carbocycles. The lowest BCUT2D eigenvalue weighted by Gasteiger charge is -2.40. The number of hydrogen-bond donors (Lipinski definition) is 1. The summed E-state index contributed by atoms with van der Waals surface area (Å²) in [7, 11) is 0. The van der Waals surface area contributed by atoms with Crippen molar-refractivity contribution in [3.8, 4) is 0 Å². The molecule has 2 fully saturated rings. The van der Waals surface area contributed by atoms with Gasteiger partial charge in [-0.05, 0) is 50.3 Å². The third kappa shape index (κ3) is 2.08. The van der Waals surface area contributed by atoms with Crippen molar-refractivity contribution >= 4 is 29.1 Å². The van der Waals surface area contributed by atoms with Crippen LogP contribution in [0.25, 0.3) is 0 Å². The third-order valence-electron chi connectivity index (χ3n) is 4.18. The number of carbonyl (C=O) groups is 2. The number of piperazine rings is 1. The fourth-order valence-corrected chi connectivity index (χ4v) is 3.06. The summed E-state index contributed by atoms with van der Waals surface area (Å²) in [5.74, 6) is 0.0500. The molecule has 20 heavy (non-hydrogen) atoms. The lowest BCUT2D eigenvalue weighted by atomic mass is 9.91.